The van der Waals surface area contributed by atoms with Crippen LogP contribution in [-0.4, -0.2) is 37.1 Å². The van der Waals surface area contributed by atoms with Crippen molar-refractivity contribution < 1.29 is 9.53 Å². The number of cyclic esters (lactones) is 1. The monoisotopic (exact) mass is 129 g/mol. The largest absolute Gasteiger partial charge is 0.460 e. The molecular formula is C6H11NO2. The van der Waals surface area contributed by atoms with Gasteiger partial charge in [-0.2, -0.15) is 0 Å². The van der Waals surface area contributed by atoms with Crippen LogP contribution in [0.15, 0.2) is 0 Å². The average molecular weight is 129 g/mol. The van der Waals surface area contributed by atoms with E-state index in [9.17, 15) is 4.79 Å². The van der Waals surface area contributed by atoms with Crippen molar-refractivity contribution in [2.45, 2.75) is 13.0 Å². The second kappa shape index (κ2) is 2.35. The molecule has 1 atom stereocenters. The summed E-state index contributed by atoms with van der Waals surface area (Å²) >= 11 is 0. The van der Waals surface area contributed by atoms with Crippen LogP contribution < -0.4 is 0 Å². The van der Waals surface area contributed by atoms with E-state index < -0.39 is 0 Å². The number of ether oxygens (including phenoxy) is 1. The minimum Gasteiger partial charge on any atom is -0.460 e. The lowest BCUT2D eigenvalue weighted by molar-refractivity contribution is -0.156. The molecule has 0 bridgehead atoms. The van der Waals surface area contributed by atoms with Gasteiger partial charge in [-0.05, 0) is 14.0 Å². The van der Waals surface area contributed by atoms with E-state index in [4.69, 9.17) is 4.74 Å². The maximum absolute atomic E-state index is 10.6. The third-order valence-corrected chi connectivity index (χ3v) is 1.30. The van der Waals surface area contributed by atoms with Crippen molar-refractivity contribution in [2.24, 2.45) is 0 Å². The quantitative estimate of drug-likeness (QED) is 0.426. The van der Waals surface area contributed by atoms with Crippen molar-refractivity contribution in [1.82, 2.24) is 4.90 Å². The van der Waals surface area contributed by atoms with Gasteiger partial charge < -0.3 is 4.74 Å². The Hall–Kier alpha value is -0.570. The van der Waals surface area contributed by atoms with Crippen molar-refractivity contribution in [3.05, 3.63) is 0 Å². The SMILES string of the molecule is CC1CN(C)CC(=O)O1. The fraction of sp³-hybridized carbons (Fsp3) is 0.833. The predicted octanol–water partition coefficient (Wildman–Crippen LogP) is -0.137. The zero-order chi connectivity index (χ0) is 6.85. The van der Waals surface area contributed by atoms with Crippen molar-refractivity contribution in [3.63, 3.8) is 0 Å². The van der Waals surface area contributed by atoms with E-state index in [0.717, 1.165) is 6.54 Å². The smallest absolute Gasteiger partial charge is 0.320 e. The molecule has 0 amide bonds. The third kappa shape index (κ3) is 1.68. The normalized spacial score (nSPS) is 30.0. The summed E-state index contributed by atoms with van der Waals surface area (Å²) in [4.78, 5) is 12.6. The van der Waals surface area contributed by atoms with Gasteiger partial charge in [0.25, 0.3) is 0 Å². The van der Waals surface area contributed by atoms with Crippen molar-refractivity contribution >= 4 is 5.97 Å². The lowest BCUT2D eigenvalue weighted by Crippen LogP contribution is -2.41. The lowest BCUT2D eigenvalue weighted by atomic mass is 10.3. The number of nitrogens with zero attached hydrogens (tertiary/aromatic N) is 1. The molecule has 0 saturated carbocycles. The molecule has 0 aromatic carbocycles. The Morgan fingerprint density at radius 2 is 2.44 bits per heavy atom. The van der Waals surface area contributed by atoms with Crippen molar-refractivity contribution in [1.29, 1.82) is 0 Å². The number of morpholine rings is 1. The molecule has 0 spiro atoms. The predicted molar refractivity (Wildman–Crippen MR) is 33.1 cm³/mol. The molecular weight excluding hydrogens is 118 g/mol. The van der Waals surface area contributed by atoms with Gasteiger partial charge in [0.15, 0.2) is 0 Å². The molecule has 3 heteroatoms. The molecule has 0 N–H and O–H groups in total. The molecule has 3 nitrogen and oxygen atoms in total. The van der Waals surface area contributed by atoms with E-state index in [2.05, 4.69) is 0 Å². The summed E-state index contributed by atoms with van der Waals surface area (Å²) in [5, 5.41) is 0. The summed E-state index contributed by atoms with van der Waals surface area (Å²) < 4.78 is 4.88. The Bertz CT molecular complexity index is 112. The zero-order valence-electron chi connectivity index (χ0n) is 5.76. The highest BCUT2D eigenvalue weighted by atomic mass is 16.5. The number of hydrogen-bond donors (Lipinski definition) is 0. The molecule has 1 rings (SSSR count). The average Bonchev–Trinajstić information content (AvgIpc) is 1.59. The number of carbonyl (C=O) groups is 1. The molecule has 9 heavy (non-hydrogen) atoms. The van der Waals surface area contributed by atoms with Gasteiger partial charge in [0, 0.05) is 6.54 Å². The molecule has 1 saturated heterocycles. The molecule has 0 aromatic heterocycles. The fourth-order valence-electron chi connectivity index (χ4n) is 1.02. The Balaban J connectivity index is 2.43. The van der Waals surface area contributed by atoms with Crippen molar-refractivity contribution in [3.8, 4) is 0 Å². The van der Waals surface area contributed by atoms with E-state index in [-0.39, 0.29) is 12.1 Å². The standard InChI is InChI=1S/C6H11NO2/c1-5-3-7(2)4-6(8)9-5/h5H,3-4H2,1-2H3. The van der Waals surface area contributed by atoms with Gasteiger partial charge in [0.2, 0.25) is 0 Å². The maximum atomic E-state index is 10.6. The molecule has 1 heterocycles. The number of likely N-dealkylation sites (N-methyl/N-ethyl adjacent to an activating group) is 1. The van der Waals surface area contributed by atoms with Gasteiger partial charge in [-0.3, -0.25) is 9.69 Å². The first-order valence-corrected chi connectivity index (χ1v) is 3.06. The fourth-order valence-corrected chi connectivity index (χ4v) is 1.02. The summed E-state index contributed by atoms with van der Waals surface area (Å²) in [6.07, 6.45) is 0.0660. The minimum absolute atomic E-state index is 0.0660. The molecule has 1 unspecified atom stereocenters. The van der Waals surface area contributed by atoms with Gasteiger partial charge in [0.1, 0.15) is 6.10 Å². The summed E-state index contributed by atoms with van der Waals surface area (Å²) in [6, 6.07) is 0. The van der Waals surface area contributed by atoms with Crippen LogP contribution >= 0.6 is 0 Å². The zero-order valence-corrected chi connectivity index (χ0v) is 5.76. The van der Waals surface area contributed by atoms with E-state index in [1.807, 2.05) is 18.9 Å². The Morgan fingerprint density at radius 1 is 1.78 bits per heavy atom. The van der Waals surface area contributed by atoms with Crippen LogP contribution in [0.5, 0.6) is 0 Å². The molecule has 0 aliphatic carbocycles. The van der Waals surface area contributed by atoms with E-state index in [1.54, 1.807) is 0 Å². The molecule has 0 radical (unpaired) electrons. The lowest BCUT2D eigenvalue weighted by Gasteiger charge is -2.26. The molecule has 1 aliphatic heterocycles. The highest BCUT2D eigenvalue weighted by molar-refractivity contribution is 5.72. The molecule has 1 aliphatic rings. The van der Waals surface area contributed by atoms with E-state index in [1.165, 1.54) is 0 Å². The topological polar surface area (TPSA) is 29.5 Å². The number of hydrogen-bond acceptors (Lipinski definition) is 3. The Labute approximate surface area is 54.6 Å². The Kier molecular flexibility index (Phi) is 1.71. The summed E-state index contributed by atoms with van der Waals surface area (Å²) in [5.74, 6) is -0.115. The third-order valence-electron chi connectivity index (χ3n) is 1.30. The molecule has 0 aromatic rings. The summed E-state index contributed by atoms with van der Waals surface area (Å²) in [5.41, 5.74) is 0. The van der Waals surface area contributed by atoms with Crippen molar-refractivity contribution in [2.75, 3.05) is 20.1 Å². The second-order valence-electron chi connectivity index (χ2n) is 2.50. The van der Waals surface area contributed by atoms with Gasteiger partial charge in [0.05, 0.1) is 6.54 Å². The van der Waals surface area contributed by atoms with Gasteiger partial charge in [-0.15, -0.1) is 0 Å². The molecule has 52 valence electrons. The van der Waals surface area contributed by atoms with Crippen LogP contribution in [0.3, 0.4) is 0 Å². The number of rotatable bonds is 0. The second-order valence-corrected chi connectivity index (χ2v) is 2.50. The van der Waals surface area contributed by atoms with Gasteiger partial charge in [-0.25, -0.2) is 0 Å². The molecule has 1 fully saturated rings. The first-order valence-electron chi connectivity index (χ1n) is 3.06. The van der Waals surface area contributed by atoms with Crippen LogP contribution in [0.2, 0.25) is 0 Å². The van der Waals surface area contributed by atoms with Crippen LogP contribution in [0.25, 0.3) is 0 Å². The first kappa shape index (κ1) is 6.55. The van der Waals surface area contributed by atoms with Crippen LogP contribution in [0.1, 0.15) is 6.92 Å². The Morgan fingerprint density at radius 3 is 2.89 bits per heavy atom. The summed E-state index contributed by atoms with van der Waals surface area (Å²) in [6.45, 7) is 3.18. The van der Waals surface area contributed by atoms with Crippen LogP contribution in [0, 0.1) is 0 Å². The van der Waals surface area contributed by atoms with E-state index >= 15 is 0 Å². The first-order chi connectivity index (χ1) is 4.18. The summed E-state index contributed by atoms with van der Waals surface area (Å²) in [7, 11) is 1.91. The number of esters is 1. The maximum Gasteiger partial charge on any atom is 0.320 e. The highest BCUT2D eigenvalue weighted by Crippen LogP contribution is 2.01. The number of carbonyl (C=O) groups excluding carboxylic acids is 1. The van der Waals surface area contributed by atoms with Gasteiger partial charge >= 0.3 is 5.97 Å². The van der Waals surface area contributed by atoms with Gasteiger partial charge in [-0.1, -0.05) is 0 Å². The highest BCUT2D eigenvalue weighted by Gasteiger charge is 2.19. The van der Waals surface area contributed by atoms with Crippen LogP contribution in [0.4, 0.5) is 0 Å². The van der Waals surface area contributed by atoms with E-state index in [0.29, 0.717) is 6.54 Å². The minimum atomic E-state index is -0.115. The van der Waals surface area contributed by atoms with Crippen LogP contribution in [-0.2, 0) is 9.53 Å².